The number of aliphatic hydroxyl groups excluding tert-OH is 1. The Kier molecular flexibility index (Phi) is 7.88. The fraction of sp³-hybridized carbons (Fsp3) is 0.433. The molecule has 3 saturated heterocycles. The summed E-state index contributed by atoms with van der Waals surface area (Å²) in [5.74, 6) is -3.19. The number of amides is 2. The van der Waals surface area contributed by atoms with Crippen molar-refractivity contribution in [2.45, 2.75) is 57.6 Å². The Labute approximate surface area is 247 Å². The number of nitrogens with zero attached hydrogens (tertiary/aromatic N) is 1. The molecule has 3 aliphatic heterocycles. The van der Waals surface area contributed by atoms with Crippen LogP contribution in [0, 0.1) is 6.92 Å². The van der Waals surface area contributed by atoms with E-state index in [1.807, 2.05) is 13.0 Å². The smallest absolute Gasteiger partial charge is 0.339 e. The van der Waals surface area contributed by atoms with Crippen LogP contribution in [0.5, 0.6) is 5.75 Å². The van der Waals surface area contributed by atoms with Gasteiger partial charge < -0.3 is 39.6 Å². The van der Waals surface area contributed by atoms with Gasteiger partial charge in [0.1, 0.15) is 28.9 Å². The summed E-state index contributed by atoms with van der Waals surface area (Å²) in [5, 5.41) is 17.0. The van der Waals surface area contributed by atoms with E-state index >= 15 is 0 Å². The van der Waals surface area contributed by atoms with Crippen LogP contribution in [-0.4, -0.2) is 96.3 Å². The van der Waals surface area contributed by atoms with Crippen LogP contribution in [0.25, 0.3) is 10.8 Å². The van der Waals surface area contributed by atoms with Crippen LogP contribution in [0.2, 0.25) is 0 Å². The highest BCUT2D eigenvalue weighted by Crippen LogP contribution is 2.42. The number of hydrogen-bond donors (Lipinski definition) is 3. The second-order valence-electron chi connectivity index (χ2n) is 11.1. The van der Waals surface area contributed by atoms with E-state index in [4.69, 9.17) is 18.9 Å². The lowest BCUT2D eigenvalue weighted by Crippen LogP contribution is -2.49. The molecule has 5 atom stereocenters. The first-order chi connectivity index (χ1) is 20.3. The normalized spacial score (nSPS) is 25.3. The molecule has 2 aromatic rings. The zero-order chi connectivity index (χ0) is 31.2. The summed E-state index contributed by atoms with van der Waals surface area (Å²) in [6.45, 7) is 6.03. The third kappa shape index (κ3) is 5.90. The Morgan fingerprint density at radius 2 is 1.88 bits per heavy atom. The van der Waals surface area contributed by atoms with Crippen molar-refractivity contribution < 1.29 is 48.0 Å². The van der Waals surface area contributed by atoms with Crippen LogP contribution in [0.15, 0.2) is 41.7 Å². The molecular weight excluding hydrogens is 562 g/mol. The van der Waals surface area contributed by atoms with Gasteiger partial charge in [-0.05, 0) is 49.2 Å². The van der Waals surface area contributed by atoms with E-state index in [2.05, 4.69) is 10.6 Å². The molecule has 13 heteroatoms. The second-order valence-corrected chi connectivity index (χ2v) is 11.1. The molecule has 3 heterocycles. The van der Waals surface area contributed by atoms with Crippen LogP contribution in [0.4, 0.5) is 0 Å². The molecule has 3 N–H and O–H groups in total. The van der Waals surface area contributed by atoms with E-state index in [-0.39, 0.29) is 35.9 Å². The molecular formula is C30H33N3O10. The van der Waals surface area contributed by atoms with Crippen molar-refractivity contribution in [3.8, 4) is 5.75 Å². The Bertz CT molecular complexity index is 1560. The van der Waals surface area contributed by atoms with Crippen molar-refractivity contribution in [3.63, 3.8) is 0 Å². The molecule has 2 amide bonds. The first-order valence-corrected chi connectivity index (χ1v) is 13.7. The van der Waals surface area contributed by atoms with Gasteiger partial charge in [-0.25, -0.2) is 4.79 Å². The zero-order valence-electron chi connectivity index (χ0n) is 24.4. The van der Waals surface area contributed by atoms with Gasteiger partial charge in [0, 0.05) is 13.5 Å². The van der Waals surface area contributed by atoms with Crippen molar-refractivity contribution >= 4 is 40.3 Å². The highest BCUT2D eigenvalue weighted by atomic mass is 16.6. The standard InChI is InChI=1S/C30H33N3O10/c1-14-7-6-8-18-19(14)9-17(40-5)10-20(18)29(39)43-26(30(4)13-41-30)28(38)32-22(27(37)31-11-15(2)34)23-25(42-16(3)35)24(36)21-12-33(21)23/h6-10,21,24-26,36H,11-13H2,1-5H3,(H,31,37)(H,32,38)/t21-,24-,25-,26-,30-,33?/m0/s1. The predicted molar refractivity (Wildman–Crippen MR) is 150 cm³/mol. The minimum atomic E-state index is -1.51. The lowest BCUT2D eigenvalue weighted by molar-refractivity contribution is -0.148. The number of ketones is 1. The van der Waals surface area contributed by atoms with Gasteiger partial charge >= 0.3 is 11.9 Å². The summed E-state index contributed by atoms with van der Waals surface area (Å²) >= 11 is 0. The van der Waals surface area contributed by atoms with Gasteiger partial charge in [0.25, 0.3) is 11.8 Å². The maximum absolute atomic E-state index is 13.8. The Morgan fingerprint density at radius 1 is 1.16 bits per heavy atom. The summed E-state index contributed by atoms with van der Waals surface area (Å²) in [5.41, 5.74) is -0.395. The van der Waals surface area contributed by atoms with Crippen molar-refractivity contribution in [2.75, 3.05) is 26.8 Å². The third-order valence-corrected chi connectivity index (χ3v) is 7.72. The van der Waals surface area contributed by atoms with Crippen molar-refractivity contribution in [1.82, 2.24) is 15.5 Å². The van der Waals surface area contributed by atoms with E-state index in [0.717, 1.165) is 17.9 Å². The van der Waals surface area contributed by atoms with E-state index in [0.29, 0.717) is 17.7 Å². The molecule has 0 saturated carbocycles. The number of aryl methyl sites for hydroxylation is 1. The first-order valence-electron chi connectivity index (χ1n) is 13.7. The second kappa shape index (κ2) is 11.3. The zero-order valence-corrected chi connectivity index (χ0v) is 24.4. The fourth-order valence-electron chi connectivity index (χ4n) is 5.25. The minimum absolute atomic E-state index is 0.0725. The summed E-state index contributed by atoms with van der Waals surface area (Å²) in [4.78, 5) is 65.8. The molecule has 0 unspecified atom stereocenters. The number of fused-ring (bicyclic) bond motifs is 2. The predicted octanol–water partition coefficient (Wildman–Crippen LogP) is 0.495. The number of carbonyl (C=O) groups excluding carboxylic acids is 5. The Morgan fingerprint density at radius 3 is 2.51 bits per heavy atom. The summed E-state index contributed by atoms with van der Waals surface area (Å²) in [6, 6.07) is 8.33. The number of piperidine rings is 1. The number of carbonyl (C=O) groups is 5. The van der Waals surface area contributed by atoms with Crippen LogP contribution in [-0.2, 0) is 33.4 Å². The van der Waals surface area contributed by atoms with Gasteiger partial charge in [-0.1, -0.05) is 18.2 Å². The monoisotopic (exact) mass is 595 g/mol. The molecule has 43 heavy (non-hydrogen) atoms. The maximum Gasteiger partial charge on any atom is 0.339 e. The average Bonchev–Trinajstić information content (AvgIpc) is 3.88. The molecule has 2 aromatic carbocycles. The molecule has 0 aliphatic carbocycles. The molecule has 0 bridgehead atoms. The Balaban J connectivity index is 1.49. The van der Waals surface area contributed by atoms with Crippen molar-refractivity contribution in [3.05, 3.63) is 52.9 Å². The van der Waals surface area contributed by atoms with Crippen molar-refractivity contribution in [1.29, 1.82) is 0 Å². The van der Waals surface area contributed by atoms with Gasteiger partial charge in [-0.2, -0.15) is 0 Å². The van der Waals surface area contributed by atoms with Crippen molar-refractivity contribution in [2.24, 2.45) is 0 Å². The minimum Gasteiger partial charge on any atom is -0.497 e. The highest BCUT2D eigenvalue weighted by Gasteiger charge is 2.59. The van der Waals surface area contributed by atoms with E-state index in [1.54, 1.807) is 30.0 Å². The summed E-state index contributed by atoms with van der Waals surface area (Å²) in [6.07, 6.45) is -3.89. The molecule has 3 aliphatic rings. The van der Waals surface area contributed by atoms with Crippen LogP contribution < -0.4 is 15.4 Å². The number of ether oxygens (including phenoxy) is 4. The number of Topliss-reactive ketones (excluding diaryl/α,β-unsaturated/α-hetero) is 1. The molecule has 0 radical (unpaired) electrons. The van der Waals surface area contributed by atoms with Gasteiger partial charge in [-0.15, -0.1) is 0 Å². The number of benzene rings is 2. The highest BCUT2D eigenvalue weighted by molar-refractivity contribution is 6.07. The SMILES string of the molecule is COc1cc(C(=O)O[C@@H](C(=O)NC(C(=O)NCC(C)=O)=C2[C@H](OC(C)=O)[C@@H](O)[C@@H]3CN23)[C@]2(C)CO2)c2cccc(C)c2c1. The fourth-order valence-corrected chi connectivity index (χ4v) is 5.25. The lowest BCUT2D eigenvalue weighted by atomic mass is 9.99. The molecule has 3 fully saturated rings. The van der Waals surface area contributed by atoms with E-state index in [9.17, 15) is 29.1 Å². The van der Waals surface area contributed by atoms with Gasteiger partial charge in [0.05, 0.1) is 37.6 Å². The topological polar surface area (TPSA) is 173 Å². The summed E-state index contributed by atoms with van der Waals surface area (Å²) < 4.78 is 22.0. The average molecular weight is 596 g/mol. The molecule has 0 spiro atoms. The largest absolute Gasteiger partial charge is 0.497 e. The van der Waals surface area contributed by atoms with E-state index in [1.165, 1.54) is 20.1 Å². The van der Waals surface area contributed by atoms with Crippen LogP contribution in [0.3, 0.4) is 0 Å². The number of esters is 2. The Hall–Kier alpha value is -4.49. The number of rotatable bonds is 10. The molecule has 5 rings (SSSR count). The molecule has 228 valence electrons. The van der Waals surface area contributed by atoms with Crippen LogP contribution in [0.1, 0.15) is 36.7 Å². The number of methoxy groups -OCH3 is 1. The molecule has 0 aromatic heterocycles. The number of aliphatic hydroxyl groups is 1. The number of nitrogens with one attached hydrogen (secondary N) is 2. The maximum atomic E-state index is 13.8. The summed E-state index contributed by atoms with van der Waals surface area (Å²) in [7, 11) is 1.47. The van der Waals surface area contributed by atoms with Gasteiger partial charge in [0.2, 0.25) is 6.10 Å². The molecule has 13 nitrogen and oxygen atoms in total. The van der Waals surface area contributed by atoms with Crippen LogP contribution >= 0.6 is 0 Å². The number of epoxide rings is 1. The van der Waals surface area contributed by atoms with Gasteiger partial charge in [0.15, 0.2) is 6.10 Å². The number of hydrogen-bond acceptors (Lipinski definition) is 11. The quantitative estimate of drug-likeness (QED) is 0.198. The van der Waals surface area contributed by atoms with Gasteiger partial charge in [-0.3, -0.25) is 19.2 Å². The lowest BCUT2D eigenvalue weighted by Gasteiger charge is -2.25. The first kappa shape index (κ1) is 30.0. The van der Waals surface area contributed by atoms with E-state index < -0.39 is 53.7 Å². The third-order valence-electron chi connectivity index (χ3n) is 7.72.